The number of carbonyl (C=O) groups excluding carboxylic acids is 1. The summed E-state index contributed by atoms with van der Waals surface area (Å²) in [4.78, 5) is 22.1. The van der Waals surface area contributed by atoms with Crippen LogP contribution >= 0.6 is 0 Å². The second kappa shape index (κ2) is 6.18. The average molecular weight is 277 g/mol. The van der Waals surface area contributed by atoms with Crippen molar-refractivity contribution >= 4 is 28.7 Å². The number of H-pyrrole nitrogens is 1. The predicted molar refractivity (Wildman–Crippen MR) is 77.6 cm³/mol. The fraction of sp³-hybridized carbons (Fsp3) is 0.500. The van der Waals surface area contributed by atoms with Crippen molar-refractivity contribution in [3.8, 4) is 0 Å². The van der Waals surface area contributed by atoms with Crippen molar-refractivity contribution in [3.05, 3.63) is 6.20 Å². The molecule has 8 heteroatoms. The van der Waals surface area contributed by atoms with Crippen LogP contribution in [-0.4, -0.2) is 57.7 Å². The van der Waals surface area contributed by atoms with Crippen LogP contribution in [0.1, 0.15) is 13.8 Å². The minimum absolute atomic E-state index is 0.00718. The van der Waals surface area contributed by atoms with Gasteiger partial charge < -0.3 is 15.5 Å². The Labute approximate surface area is 117 Å². The fourth-order valence-electron chi connectivity index (χ4n) is 1.68. The molecule has 0 unspecified atom stereocenters. The van der Waals surface area contributed by atoms with Gasteiger partial charge in [0.05, 0.1) is 18.1 Å². The minimum Gasteiger partial charge on any atom is -0.360 e. The first-order chi connectivity index (χ1) is 9.65. The van der Waals surface area contributed by atoms with E-state index in [9.17, 15) is 4.79 Å². The van der Waals surface area contributed by atoms with Gasteiger partial charge in [-0.1, -0.05) is 0 Å². The summed E-state index contributed by atoms with van der Waals surface area (Å²) in [6.07, 6.45) is 1.64. The first-order valence-corrected chi connectivity index (χ1v) is 6.58. The van der Waals surface area contributed by atoms with E-state index in [2.05, 4.69) is 30.8 Å². The Morgan fingerprint density at radius 3 is 2.85 bits per heavy atom. The van der Waals surface area contributed by atoms with Gasteiger partial charge in [-0.05, 0) is 13.8 Å². The average Bonchev–Trinajstić information content (AvgIpc) is 2.92. The first-order valence-electron chi connectivity index (χ1n) is 6.58. The van der Waals surface area contributed by atoms with Crippen molar-refractivity contribution in [2.45, 2.75) is 13.8 Å². The van der Waals surface area contributed by atoms with E-state index in [1.165, 1.54) is 0 Å². The number of amides is 1. The summed E-state index contributed by atoms with van der Waals surface area (Å²) < 4.78 is 0. The van der Waals surface area contributed by atoms with Crippen molar-refractivity contribution in [3.63, 3.8) is 0 Å². The molecule has 0 saturated carbocycles. The molecular weight excluding hydrogens is 258 g/mol. The number of fused-ring (bicyclic) bond motifs is 1. The van der Waals surface area contributed by atoms with Gasteiger partial charge in [-0.25, -0.2) is 0 Å². The van der Waals surface area contributed by atoms with E-state index in [-0.39, 0.29) is 12.5 Å². The summed E-state index contributed by atoms with van der Waals surface area (Å²) in [5.41, 5.74) is 0.634. The number of rotatable bonds is 6. The molecule has 0 aliphatic carbocycles. The van der Waals surface area contributed by atoms with Crippen LogP contribution in [0.2, 0.25) is 0 Å². The molecule has 3 N–H and O–H groups in total. The van der Waals surface area contributed by atoms with Crippen molar-refractivity contribution < 1.29 is 4.79 Å². The quantitative estimate of drug-likeness (QED) is 0.718. The van der Waals surface area contributed by atoms with Crippen LogP contribution in [0.15, 0.2) is 6.20 Å². The number of nitrogens with one attached hydrogen (secondary N) is 3. The summed E-state index contributed by atoms with van der Waals surface area (Å²) >= 11 is 0. The predicted octanol–water partition coefficient (Wildman–Crippen LogP) is 0.675. The molecule has 0 radical (unpaired) electrons. The molecule has 0 aromatic carbocycles. The molecule has 1 amide bonds. The summed E-state index contributed by atoms with van der Waals surface area (Å²) in [7, 11) is 1.77. The van der Waals surface area contributed by atoms with Gasteiger partial charge in [-0.2, -0.15) is 15.1 Å². The number of nitrogens with zero attached hydrogens (tertiary/aromatic N) is 4. The molecule has 0 aliphatic rings. The summed E-state index contributed by atoms with van der Waals surface area (Å²) in [5.74, 6) is 1.10. The highest BCUT2D eigenvalue weighted by Crippen LogP contribution is 2.19. The monoisotopic (exact) mass is 277 g/mol. The second-order valence-corrected chi connectivity index (χ2v) is 4.32. The summed E-state index contributed by atoms with van der Waals surface area (Å²) in [6, 6.07) is 0. The Hall–Kier alpha value is -2.38. The van der Waals surface area contributed by atoms with E-state index >= 15 is 0 Å². The molecule has 0 saturated heterocycles. The molecule has 108 valence electrons. The second-order valence-electron chi connectivity index (χ2n) is 4.32. The van der Waals surface area contributed by atoms with Crippen LogP contribution in [0.5, 0.6) is 0 Å². The highest BCUT2D eigenvalue weighted by atomic mass is 16.2. The molecule has 0 aliphatic heterocycles. The molecule has 0 fully saturated rings. The van der Waals surface area contributed by atoms with E-state index in [0.29, 0.717) is 24.0 Å². The lowest BCUT2D eigenvalue weighted by Gasteiger charge is -2.15. The molecule has 2 aromatic rings. The van der Waals surface area contributed by atoms with Crippen LogP contribution in [-0.2, 0) is 4.79 Å². The van der Waals surface area contributed by atoms with Gasteiger partial charge in [0.15, 0.2) is 5.65 Å². The normalized spacial score (nSPS) is 10.6. The molecule has 2 heterocycles. The van der Waals surface area contributed by atoms with Gasteiger partial charge in [0.1, 0.15) is 5.82 Å². The Bertz CT molecular complexity index is 595. The number of aromatic nitrogens is 4. The zero-order valence-electron chi connectivity index (χ0n) is 11.9. The van der Waals surface area contributed by atoms with Crippen molar-refractivity contribution in [2.24, 2.45) is 0 Å². The van der Waals surface area contributed by atoms with Gasteiger partial charge in [0, 0.05) is 20.1 Å². The van der Waals surface area contributed by atoms with Crippen molar-refractivity contribution in [1.29, 1.82) is 0 Å². The molecule has 0 bridgehead atoms. The van der Waals surface area contributed by atoms with Crippen LogP contribution < -0.4 is 10.6 Å². The third-order valence-electron chi connectivity index (χ3n) is 2.95. The van der Waals surface area contributed by atoms with E-state index < -0.39 is 0 Å². The lowest BCUT2D eigenvalue weighted by molar-refractivity contribution is -0.127. The van der Waals surface area contributed by atoms with Gasteiger partial charge in [-0.15, -0.1) is 0 Å². The topological polar surface area (TPSA) is 98.8 Å². The molecule has 8 nitrogen and oxygen atoms in total. The van der Waals surface area contributed by atoms with E-state index in [1.54, 1.807) is 18.1 Å². The number of carbonyl (C=O) groups is 1. The Kier molecular flexibility index (Phi) is 4.34. The maximum Gasteiger partial charge on any atom is 0.241 e. The largest absolute Gasteiger partial charge is 0.360 e. The maximum absolute atomic E-state index is 11.8. The van der Waals surface area contributed by atoms with Gasteiger partial charge in [-0.3, -0.25) is 9.89 Å². The van der Waals surface area contributed by atoms with Crippen molar-refractivity contribution in [1.82, 2.24) is 25.1 Å². The lowest BCUT2D eigenvalue weighted by Crippen LogP contribution is -2.32. The SMILES string of the molecule is CCNc1nc(NCC(=O)N(C)CC)c2cn[nH]c2n1. The van der Waals surface area contributed by atoms with Gasteiger partial charge in [0.2, 0.25) is 11.9 Å². The first kappa shape index (κ1) is 14.0. The van der Waals surface area contributed by atoms with Gasteiger partial charge >= 0.3 is 0 Å². The summed E-state index contributed by atoms with van der Waals surface area (Å²) in [5, 5.41) is 13.6. The number of aromatic amines is 1. The molecule has 2 rings (SSSR count). The van der Waals surface area contributed by atoms with Gasteiger partial charge in [0.25, 0.3) is 0 Å². The summed E-state index contributed by atoms with van der Waals surface area (Å²) in [6.45, 7) is 5.48. The number of hydrogen-bond acceptors (Lipinski definition) is 6. The minimum atomic E-state index is 0.00718. The van der Waals surface area contributed by atoms with Crippen molar-refractivity contribution in [2.75, 3.05) is 37.3 Å². The highest BCUT2D eigenvalue weighted by Gasteiger charge is 2.11. The number of anilines is 2. The third kappa shape index (κ3) is 2.95. The van der Waals surface area contributed by atoms with Crippen LogP contribution in [0.3, 0.4) is 0 Å². The van der Waals surface area contributed by atoms with E-state index in [0.717, 1.165) is 11.9 Å². The Morgan fingerprint density at radius 2 is 2.15 bits per heavy atom. The highest BCUT2D eigenvalue weighted by molar-refractivity contribution is 5.89. The molecule has 20 heavy (non-hydrogen) atoms. The Morgan fingerprint density at radius 1 is 1.35 bits per heavy atom. The maximum atomic E-state index is 11.8. The van der Waals surface area contributed by atoms with E-state index in [1.807, 2.05) is 13.8 Å². The van der Waals surface area contributed by atoms with Crippen LogP contribution in [0, 0.1) is 0 Å². The Balaban J connectivity index is 2.19. The molecule has 0 atom stereocenters. The zero-order valence-corrected chi connectivity index (χ0v) is 11.9. The molecule has 0 spiro atoms. The van der Waals surface area contributed by atoms with Crippen LogP contribution in [0.4, 0.5) is 11.8 Å². The zero-order chi connectivity index (χ0) is 14.5. The van der Waals surface area contributed by atoms with Crippen LogP contribution in [0.25, 0.3) is 11.0 Å². The molecule has 2 aromatic heterocycles. The standard InChI is InChI=1S/C12H19N7O/c1-4-13-12-16-10(8-6-15-18-11(8)17-12)14-7-9(20)19(3)5-2/h6H,4-5,7H2,1-3H3,(H3,13,14,15,16,17,18). The molecular formula is C12H19N7O. The third-order valence-corrected chi connectivity index (χ3v) is 2.95. The lowest BCUT2D eigenvalue weighted by atomic mass is 10.4. The number of hydrogen-bond donors (Lipinski definition) is 3. The van der Waals surface area contributed by atoms with E-state index in [4.69, 9.17) is 0 Å². The number of likely N-dealkylation sites (N-methyl/N-ethyl adjacent to an activating group) is 1. The fourth-order valence-corrected chi connectivity index (χ4v) is 1.68. The smallest absolute Gasteiger partial charge is 0.241 e.